The smallest absolute Gasteiger partial charge is 0.264 e. The molecular formula is C21H18FN5O3S. The summed E-state index contributed by atoms with van der Waals surface area (Å²) in [6, 6.07) is 13.0. The second kappa shape index (κ2) is 8.15. The molecule has 31 heavy (non-hydrogen) atoms. The number of benzene rings is 2. The van der Waals surface area contributed by atoms with Gasteiger partial charge in [-0.3, -0.25) is 9.29 Å². The van der Waals surface area contributed by atoms with Gasteiger partial charge in [-0.05, 0) is 50.2 Å². The van der Waals surface area contributed by atoms with Gasteiger partial charge in [0.25, 0.3) is 10.0 Å². The molecule has 0 amide bonds. The van der Waals surface area contributed by atoms with Crippen molar-refractivity contribution < 1.29 is 17.5 Å². The maximum Gasteiger partial charge on any atom is 0.264 e. The van der Waals surface area contributed by atoms with Gasteiger partial charge in [0.15, 0.2) is 0 Å². The number of halogens is 1. The molecule has 2 heterocycles. The van der Waals surface area contributed by atoms with Gasteiger partial charge in [-0.25, -0.2) is 22.8 Å². The van der Waals surface area contributed by atoms with Crippen LogP contribution in [0, 0.1) is 19.7 Å². The third-order valence-corrected chi connectivity index (χ3v) is 5.74. The van der Waals surface area contributed by atoms with Crippen LogP contribution in [0.4, 0.5) is 10.1 Å². The summed E-state index contributed by atoms with van der Waals surface area (Å²) in [5, 5.41) is 0. The zero-order valence-electron chi connectivity index (χ0n) is 16.7. The van der Waals surface area contributed by atoms with Crippen LogP contribution in [0.25, 0.3) is 5.82 Å². The van der Waals surface area contributed by atoms with Crippen LogP contribution in [-0.4, -0.2) is 27.9 Å². The molecule has 10 heteroatoms. The normalized spacial score (nSPS) is 11.3. The first-order valence-electron chi connectivity index (χ1n) is 9.23. The number of anilines is 1. The van der Waals surface area contributed by atoms with Gasteiger partial charge in [0.1, 0.15) is 33.9 Å². The fraction of sp³-hybridized carbons (Fsp3) is 0.0952. The molecule has 1 N–H and O–H groups in total. The molecule has 0 aliphatic carbocycles. The number of sulfonamides is 1. The maximum atomic E-state index is 13.8. The highest BCUT2D eigenvalue weighted by atomic mass is 32.2. The molecule has 4 rings (SSSR count). The molecule has 0 aliphatic rings. The van der Waals surface area contributed by atoms with Crippen molar-refractivity contribution in [3.8, 4) is 17.4 Å². The first-order chi connectivity index (χ1) is 14.8. The van der Waals surface area contributed by atoms with E-state index in [0.29, 0.717) is 23.3 Å². The lowest BCUT2D eigenvalue weighted by Gasteiger charge is -2.11. The van der Waals surface area contributed by atoms with Crippen molar-refractivity contribution in [2.24, 2.45) is 0 Å². The van der Waals surface area contributed by atoms with Crippen molar-refractivity contribution in [2.75, 3.05) is 4.72 Å². The third kappa shape index (κ3) is 4.53. The molecule has 0 bridgehead atoms. The highest BCUT2D eigenvalue weighted by molar-refractivity contribution is 7.92. The number of rotatable bonds is 6. The van der Waals surface area contributed by atoms with Gasteiger partial charge in [-0.2, -0.15) is 4.98 Å². The van der Waals surface area contributed by atoms with E-state index in [1.54, 1.807) is 37.5 Å². The molecule has 0 aliphatic heterocycles. The molecule has 2 aromatic heterocycles. The Hall–Kier alpha value is -3.79. The van der Waals surface area contributed by atoms with E-state index in [9.17, 15) is 12.8 Å². The Balaban J connectivity index is 1.53. The number of hydrogen-bond donors (Lipinski definition) is 1. The van der Waals surface area contributed by atoms with E-state index in [0.717, 1.165) is 11.9 Å². The Morgan fingerprint density at radius 3 is 2.45 bits per heavy atom. The molecule has 0 radical (unpaired) electrons. The van der Waals surface area contributed by atoms with Crippen LogP contribution in [0.2, 0.25) is 0 Å². The fourth-order valence-corrected chi connectivity index (χ4v) is 4.04. The summed E-state index contributed by atoms with van der Waals surface area (Å²) in [6.45, 7) is 3.61. The molecule has 4 aromatic rings. The minimum atomic E-state index is -4.05. The van der Waals surface area contributed by atoms with Crippen LogP contribution in [0.3, 0.4) is 0 Å². The molecule has 0 atom stereocenters. The molecule has 0 saturated carbocycles. The lowest BCUT2D eigenvalue weighted by atomic mass is 10.3. The first-order valence-corrected chi connectivity index (χ1v) is 10.7. The van der Waals surface area contributed by atoms with Crippen molar-refractivity contribution in [3.05, 3.63) is 84.5 Å². The van der Waals surface area contributed by atoms with Crippen molar-refractivity contribution in [2.45, 2.75) is 18.7 Å². The molecule has 0 saturated heterocycles. The average molecular weight is 439 g/mol. The molecule has 158 valence electrons. The second-order valence-electron chi connectivity index (χ2n) is 6.62. The number of nitrogens with zero attached hydrogens (tertiary/aromatic N) is 4. The number of ether oxygens (including phenoxy) is 1. The molecule has 0 unspecified atom stereocenters. The van der Waals surface area contributed by atoms with Crippen molar-refractivity contribution >= 4 is 15.7 Å². The Morgan fingerprint density at radius 1 is 1.03 bits per heavy atom. The van der Waals surface area contributed by atoms with Gasteiger partial charge < -0.3 is 4.74 Å². The van der Waals surface area contributed by atoms with Crippen LogP contribution >= 0.6 is 0 Å². The number of hydrogen-bond acceptors (Lipinski definition) is 6. The number of imidazole rings is 1. The van der Waals surface area contributed by atoms with Gasteiger partial charge in [-0.1, -0.05) is 12.1 Å². The van der Waals surface area contributed by atoms with E-state index in [1.165, 1.54) is 30.3 Å². The van der Waals surface area contributed by atoms with Gasteiger partial charge in [0.2, 0.25) is 5.88 Å². The zero-order chi connectivity index (χ0) is 22.0. The highest BCUT2D eigenvalue weighted by Crippen LogP contribution is 2.25. The van der Waals surface area contributed by atoms with Crippen LogP contribution in [0.15, 0.2) is 71.9 Å². The lowest BCUT2D eigenvalue weighted by molar-refractivity contribution is 0.459. The number of nitrogens with one attached hydrogen (secondary N) is 1. The predicted octanol–water partition coefficient (Wildman–Crippen LogP) is 4.01. The van der Waals surface area contributed by atoms with E-state index >= 15 is 0 Å². The Labute approximate surface area is 178 Å². The standard InChI is InChI=1S/C21H18FN5O3S/c1-14-24-20(27-12-11-23-15(27)2)13-21(25-14)30-17-9-7-16(8-10-17)26-31(28,29)19-6-4-3-5-18(19)22/h3-13,26H,1-2H3. The quantitative estimate of drug-likeness (QED) is 0.487. The SMILES string of the molecule is Cc1nc(Oc2ccc(NS(=O)(=O)c3ccccc3F)cc2)cc(-n2ccnc2C)n1. The Morgan fingerprint density at radius 2 is 1.77 bits per heavy atom. The topological polar surface area (TPSA) is 99.0 Å². The van der Waals surface area contributed by atoms with E-state index in [2.05, 4.69) is 19.7 Å². The Kier molecular flexibility index (Phi) is 5.38. The Bertz CT molecular complexity index is 1340. The van der Waals surface area contributed by atoms with Gasteiger partial charge >= 0.3 is 0 Å². The fourth-order valence-electron chi connectivity index (χ4n) is 2.91. The van der Waals surface area contributed by atoms with E-state index in [-0.39, 0.29) is 5.69 Å². The molecule has 0 spiro atoms. The summed E-state index contributed by atoms with van der Waals surface area (Å²) in [7, 11) is -4.05. The van der Waals surface area contributed by atoms with E-state index in [1.807, 2.05) is 11.5 Å². The van der Waals surface area contributed by atoms with Crippen LogP contribution < -0.4 is 9.46 Å². The van der Waals surface area contributed by atoms with Crippen LogP contribution in [-0.2, 0) is 10.0 Å². The minimum absolute atomic E-state index is 0.268. The van der Waals surface area contributed by atoms with Crippen molar-refractivity contribution in [1.29, 1.82) is 0 Å². The lowest BCUT2D eigenvalue weighted by Crippen LogP contribution is -2.14. The van der Waals surface area contributed by atoms with Gasteiger partial charge in [0, 0.05) is 24.1 Å². The summed E-state index contributed by atoms with van der Waals surface area (Å²) < 4.78 is 48.6. The summed E-state index contributed by atoms with van der Waals surface area (Å²) in [5.41, 5.74) is 0.268. The van der Waals surface area contributed by atoms with Gasteiger partial charge in [0.05, 0.1) is 0 Å². The molecule has 2 aromatic carbocycles. The van der Waals surface area contributed by atoms with Crippen LogP contribution in [0.1, 0.15) is 11.6 Å². The summed E-state index contributed by atoms with van der Waals surface area (Å²) in [4.78, 5) is 12.4. The predicted molar refractivity (Wildman–Crippen MR) is 112 cm³/mol. The molecule has 0 fully saturated rings. The number of aryl methyl sites for hydroxylation is 2. The second-order valence-corrected chi connectivity index (χ2v) is 8.27. The minimum Gasteiger partial charge on any atom is -0.439 e. The van der Waals surface area contributed by atoms with E-state index in [4.69, 9.17) is 4.74 Å². The van der Waals surface area contributed by atoms with E-state index < -0.39 is 20.7 Å². The first kappa shape index (κ1) is 20.5. The average Bonchev–Trinajstić information content (AvgIpc) is 3.15. The summed E-state index contributed by atoms with van der Waals surface area (Å²) in [5.74, 6) is 1.87. The molecule has 8 nitrogen and oxygen atoms in total. The zero-order valence-corrected chi connectivity index (χ0v) is 17.5. The van der Waals surface area contributed by atoms with Crippen molar-refractivity contribution in [3.63, 3.8) is 0 Å². The van der Waals surface area contributed by atoms with Crippen molar-refractivity contribution in [1.82, 2.24) is 19.5 Å². The van der Waals surface area contributed by atoms with Gasteiger partial charge in [-0.15, -0.1) is 0 Å². The number of aromatic nitrogens is 4. The summed E-state index contributed by atoms with van der Waals surface area (Å²) in [6.07, 6.45) is 3.46. The summed E-state index contributed by atoms with van der Waals surface area (Å²) >= 11 is 0. The maximum absolute atomic E-state index is 13.8. The van der Waals surface area contributed by atoms with Crippen LogP contribution in [0.5, 0.6) is 11.6 Å². The largest absolute Gasteiger partial charge is 0.439 e. The highest BCUT2D eigenvalue weighted by Gasteiger charge is 2.18. The monoisotopic (exact) mass is 439 g/mol. The third-order valence-electron chi connectivity index (χ3n) is 4.33. The molecular weight excluding hydrogens is 421 g/mol.